The first kappa shape index (κ1) is 28.1. The second-order valence-corrected chi connectivity index (χ2v) is 7.21. The van der Waals surface area contributed by atoms with Crippen LogP contribution >= 0.6 is 0 Å². The summed E-state index contributed by atoms with van der Waals surface area (Å²) in [4.78, 5) is 42.3. The summed E-state index contributed by atoms with van der Waals surface area (Å²) < 4.78 is 9.00. The van der Waals surface area contributed by atoms with Crippen molar-refractivity contribution in [3.8, 4) is 0 Å². The first-order chi connectivity index (χ1) is 13.1. The van der Waals surface area contributed by atoms with Crippen LogP contribution in [-0.4, -0.2) is 48.3 Å². The van der Waals surface area contributed by atoms with Crippen molar-refractivity contribution < 1.29 is 38.9 Å². The molecule has 0 amide bonds. The summed E-state index contributed by atoms with van der Waals surface area (Å²) >= 11 is 0. The summed E-state index contributed by atoms with van der Waals surface area (Å²) in [6, 6.07) is 0. The summed E-state index contributed by atoms with van der Waals surface area (Å²) in [5.74, 6) is -1.92. The lowest BCUT2D eigenvalue weighted by atomic mass is 9.87. The molecule has 0 spiro atoms. The zero-order valence-electron chi connectivity index (χ0n) is 17.6. The number of carboxylic acid groups (broad SMARTS) is 2. The van der Waals surface area contributed by atoms with Crippen LogP contribution in [0.5, 0.6) is 0 Å². The van der Waals surface area contributed by atoms with Crippen LogP contribution in [0.25, 0.3) is 0 Å². The predicted molar refractivity (Wildman–Crippen MR) is 104 cm³/mol. The van der Waals surface area contributed by atoms with Crippen LogP contribution in [0.4, 0.5) is 0 Å². The third-order valence-electron chi connectivity index (χ3n) is 4.24. The molecule has 8 nitrogen and oxygen atoms in total. The molecule has 0 rings (SSSR count). The maximum absolute atomic E-state index is 10.7. The van der Waals surface area contributed by atoms with Gasteiger partial charge in [0.1, 0.15) is 0 Å². The Bertz CT molecular complexity index is 451. The van der Waals surface area contributed by atoms with Gasteiger partial charge in [-0.3, -0.25) is 19.2 Å². The Morgan fingerprint density at radius 1 is 0.679 bits per heavy atom. The Labute approximate surface area is 167 Å². The van der Waals surface area contributed by atoms with Crippen molar-refractivity contribution in [3.05, 3.63) is 0 Å². The lowest BCUT2D eigenvalue weighted by Gasteiger charge is -2.18. The van der Waals surface area contributed by atoms with E-state index in [2.05, 4.69) is 9.47 Å². The standard InChI is InChI=1S/2C10H18O4/c1-10(2,9(13)14)7-5-3-4-6-8(11)12;1-13-9(11)7-5-3-4-6-8-10(12)14-2/h3-7H2,1-2H3,(H,11,12)(H,13,14);3-8H2,1-2H3. The van der Waals surface area contributed by atoms with E-state index in [0.717, 1.165) is 38.5 Å². The summed E-state index contributed by atoms with van der Waals surface area (Å²) in [5.41, 5.74) is -0.691. The molecule has 0 aliphatic rings. The van der Waals surface area contributed by atoms with Gasteiger partial charge in [-0.15, -0.1) is 0 Å². The molecule has 0 radical (unpaired) electrons. The molecule has 0 aliphatic heterocycles. The second kappa shape index (κ2) is 17.0. The Morgan fingerprint density at radius 3 is 1.43 bits per heavy atom. The molecule has 0 heterocycles. The summed E-state index contributed by atoms with van der Waals surface area (Å²) in [5, 5.41) is 17.2. The molecule has 28 heavy (non-hydrogen) atoms. The number of hydrogen-bond donors (Lipinski definition) is 2. The molecule has 0 fully saturated rings. The molecule has 0 unspecified atom stereocenters. The van der Waals surface area contributed by atoms with Crippen molar-refractivity contribution in [2.75, 3.05) is 14.2 Å². The number of methoxy groups -OCH3 is 2. The second-order valence-electron chi connectivity index (χ2n) is 7.21. The molecular weight excluding hydrogens is 368 g/mol. The van der Waals surface area contributed by atoms with Crippen LogP contribution in [0, 0.1) is 5.41 Å². The number of esters is 2. The average molecular weight is 405 g/mol. The molecule has 164 valence electrons. The number of carboxylic acids is 2. The van der Waals surface area contributed by atoms with Crippen molar-refractivity contribution in [1.82, 2.24) is 0 Å². The topological polar surface area (TPSA) is 127 Å². The van der Waals surface area contributed by atoms with E-state index < -0.39 is 17.4 Å². The molecule has 0 aromatic rings. The quantitative estimate of drug-likeness (QED) is 0.330. The highest BCUT2D eigenvalue weighted by molar-refractivity contribution is 5.73. The summed E-state index contributed by atoms with van der Waals surface area (Å²) in [7, 11) is 2.78. The smallest absolute Gasteiger partial charge is 0.309 e. The zero-order valence-corrected chi connectivity index (χ0v) is 17.6. The van der Waals surface area contributed by atoms with Gasteiger partial charge < -0.3 is 19.7 Å². The highest BCUT2D eigenvalue weighted by atomic mass is 16.5. The van der Waals surface area contributed by atoms with Gasteiger partial charge >= 0.3 is 23.9 Å². The van der Waals surface area contributed by atoms with Crippen LogP contribution < -0.4 is 0 Å². The van der Waals surface area contributed by atoms with Gasteiger partial charge in [-0.2, -0.15) is 0 Å². The minimum atomic E-state index is -0.796. The van der Waals surface area contributed by atoms with Crippen LogP contribution in [0.1, 0.15) is 84.5 Å². The van der Waals surface area contributed by atoms with Gasteiger partial charge in [0.05, 0.1) is 19.6 Å². The number of unbranched alkanes of at least 4 members (excludes halogenated alkanes) is 5. The molecule has 2 N–H and O–H groups in total. The maximum Gasteiger partial charge on any atom is 0.309 e. The maximum atomic E-state index is 10.7. The van der Waals surface area contributed by atoms with E-state index >= 15 is 0 Å². The molecule has 0 aromatic heterocycles. The molecule has 0 atom stereocenters. The molecule has 0 aromatic carbocycles. The Hall–Kier alpha value is -2.12. The Morgan fingerprint density at radius 2 is 1.07 bits per heavy atom. The van der Waals surface area contributed by atoms with Gasteiger partial charge in [-0.1, -0.05) is 25.7 Å². The van der Waals surface area contributed by atoms with E-state index in [4.69, 9.17) is 10.2 Å². The number of hydrogen-bond acceptors (Lipinski definition) is 6. The number of aliphatic carboxylic acids is 2. The van der Waals surface area contributed by atoms with Gasteiger partial charge in [0.25, 0.3) is 0 Å². The number of carbonyl (C=O) groups excluding carboxylic acids is 2. The first-order valence-electron chi connectivity index (χ1n) is 9.65. The third-order valence-corrected chi connectivity index (χ3v) is 4.24. The van der Waals surface area contributed by atoms with Crippen molar-refractivity contribution in [3.63, 3.8) is 0 Å². The van der Waals surface area contributed by atoms with Crippen LogP contribution in [0.3, 0.4) is 0 Å². The molecule has 0 aliphatic carbocycles. The normalized spacial score (nSPS) is 10.4. The molecular formula is C20H36O8. The van der Waals surface area contributed by atoms with Crippen molar-refractivity contribution in [2.45, 2.75) is 84.5 Å². The van der Waals surface area contributed by atoms with Crippen LogP contribution in [0.2, 0.25) is 0 Å². The molecule has 0 saturated heterocycles. The first-order valence-corrected chi connectivity index (χ1v) is 9.65. The fourth-order valence-electron chi connectivity index (χ4n) is 2.22. The minimum absolute atomic E-state index is 0.169. The molecule has 0 bridgehead atoms. The van der Waals surface area contributed by atoms with Crippen molar-refractivity contribution >= 4 is 23.9 Å². The third kappa shape index (κ3) is 18.7. The SMILES string of the molecule is CC(C)(CCCCCC(=O)O)C(=O)O.COC(=O)CCCCCCC(=O)OC. The van der Waals surface area contributed by atoms with Gasteiger partial charge in [0.15, 0.2) is 0 Å². The molecule has 8 heteroatoms. The van der Waals surface area contributed by atoms with E-state index in [1.165, 1.54) is 14.2 Å². The summed E-state index contributed by atoms with van der Waals surface area (Å²) in [6.07, 6.45) is 7.44. The minimum Gasteiger partial charge on any atom is -0.481 e. The highest BCUT2D eigenvalue weighted by Crippen LogP contribution is 2.23. The van der Waals surface area contributed by atoms with E-state index in [0.29, 0.717) is 25.7 Å². The lowest BCUT2D eigenvalue weighted by Crippen LogP contribution is -2.23. The predicted octanol–water partition coefficient (Wildman–Crippen LogP) is 3.81. The number of rotatable bonds is 14. The monoisotopic (exact) mass is 404 g/mol. The number of carbonyl (C=O) groups is 4. The van der Waals surface area contributed by atoms with Crippen LogP contribution in [0.15, 0.2) is 0 Å². The van der Waals surface area contributed by atoms with Gasteiger partial charge in [0.2, 0.25) is 0 Å². The summed E-state index contributed by atoms with van der Waals surface area (Å²) in [6.45, 7) is 3.37. The van der Waals surface area contributed by atoms with E-state index in [1.54, 1.807) is 13.8 Å². The van der Waals surface area contributed by atoms with Gasteiger partial charge in [-0.05, 0) is 39.5 Å². The van der Waals surface area contributed by atoms with Crippen molar-refractivity contribution in [1.29, 1.82) is 0 Å². The fraction of sp³-hybridized carbons (Fsp3) is 0.800. The Kier molecular flexibility index (Phi) is 17.1. The van der Waals surface area contributed by atoms with E-state index in [1.807, 2.05) is 0 Å². The van der Waals surface area contributed by atoms with Crippen LogP contribution in [-0.2, 0) is 28.7 Å². The van der Waals surface area contributed by atoms with Gasteiger partial charge in [-0.25, -0.2) is 0 Å². The largest absolute Gasteiger partial charge is 0.481 e. The fourth-order valence-corrected chi connectivity index (χ4v) is 2.22. The Balaban J connectivity index is 0. The van der Waals surface area contributed by atoms with E-state index in [-0.39, 0.29) is 18.4 Å². The number of ether oxygens (including phenoxy) is 2. The lowest BCUT2D eigenvalue weighted by molar-refractivity contribution is -0.147. The zero-order chi connectivity index (χ0) is 22.0. The highest BCUT2D eigenvalue weighted by Gasteiger charge is 2.25. The van der Waals surface area contributed by atoms with E-state index in [9.17, 15) is 19.2 Å². The van der Waals surface area contributed by atoms with Crippen molar-refractivity contribution in [2.24, 2.45) is 5.41 Å². The molecule has 0 saturated carbocycles. The van der Waals surface area contributed by atoms with Gasteiger partial charge in [0, 0.05) is 19.3 Å². The average Bonchev–Trinajstić information content (AvgIpc) is 2.63.